The largest absolute Gasteiger partial charge is 0.319 e. The Kier molecular flexibility index (Phi) is 6.03. The molecule has 3 saturated carbocycles. The van der Waals surface area contributed by atoms with Crippen LogP contribution in [-0.4, -0.2) is 36.7 Å². The lowest BCUT2D eigenvalue weighted by molar-refractivity contribution is -0.140. The molecular weight excluding hydrogens is 420 g/mol. The van der Waals surface area contributed by atoms with Crippen LogP contribution in [0.2, 0.25) is 0 Å². The third-order valence-electron chi connectivity index (χ3n) is 11.0. The minimum atomic E-state index is -0.182. The van der Waals surface area contributed by atoms with Crippen LogP contribution >= 0.6 is 0 Å². The molecule has 1 aromatic rings. The van der Waals surface area contributed by atoms with Crippen LogP contribution < -0.4 is 5.32 Å². The van der Waals surface area contributed by atoms with Gasteiger partial charge in [0, 0.05) is 17.5 Å². The first-order chi connectivity index (χ1) is 16.2. The van der Waals surface area contributed by atoms with E-state index in [9.17, 15) is 9.59 Å². The maximum Gasteiger partial charge on any atom is 0.255 e. The van der Waals surface area contributed by atoms with Gasteiger partial charge in [-0.05, 0) is 113 Å². The number of amides is 1. The minimum absolute atomic E-state index is 0.0214. The number of hydrogen-bond acceptors (Lipinski definition) is 3. The van der Waals surface area contributed by atoms with Gasteiger partial charge in [0.25, 0.3) is 5.91 Å². The second-order valence-corrected chi connectivity index (χ2v) is 12.5. The zero-order valence-corrected chi connectivity index (χ0v) is 21.6. The van der Waals surface area contributed by atoms with Crippen LogP contribution in [0, 0.1) is 40.4 Å². The number of allylic oxidation sites excluding steroid dienone is 2. The van der Waals surface area contributed by atoms with Crippen molar-refractivity contribution in [3.63, 3.8) is 0 Å². The van der Waals surface area contributed by atoms with Gasteiger partial charge in [0.2, 0.25) is 0 Å². The van der Waals surface area contributed by atoms with Crippen molar-refractivity contribution in [2.75, 3.05) is 14.1 Å². The number of hydrogen-bond donors (Lipinski definition) is 1. The van der Waals surface area contributed by atoms with Crippen molar-refractivity contribution < 1.29 is 9.59 Å². The molecule has 0 aromatic heterocycles. The van der Waals surface area contributed by atoms with E-state index in [0.29, 0.717) is 28.6 Å². The van der Waals surface area contributed by atoms with Crippen molar-refractivity contribution in [1.29, 1.82) is 0 Å². The van der Waals surface area contributed by atoms with Gasteiger partial charge < -0.3 is 10.2 Å². The number of ketones is 1. The third-order valence-corrected chi connectivity index (χ3v) is 11.0. The van der Waals surface area contributed by atoms with Crippen LogP contribution in [0.25, 0.3) is 0 Å². The first kappa shape index (κ1) is 23.8. The van der Waals surface area contributed by atoms with Crippen molar-refractivity contribution in [3.8, 4) is 0 Å². The van der Waals surface area contributed by atoms with Gasteiger partial charge in [-0.3, -0.25) is 9.59 Å². The molecule has 8 atom stereocenters. The van der Waals surface area contributed by atoms with Crippen LogP contribution in [0.3, 0.4) is 0 Å². The molecule has 184 valence electrons. The Labute approximate surface area is 205 Å². The lowest BCUT2D eigenvalue weighted by Gasteiger charge is -2.60. The van der Waals surface area contributed by atoms with E-state index in [2.05, 4.69) is 45.1 Å². The highest BCUT2D eigenvalue weighted by molar-refractivity contribution is 6.05. The Morgan fingerprint density at radius 1 is 1.00 bits per heavy atom. The van der Waals surface area contributed by atoms with E-state index in [1.54, 1.807) is 12.1 Å². The normalized spacial score (nSPS) is 40.1. The molecule has 0 aliphatic heterocycles. The lowest BCUT2D eigenvalue weighted by Crippen LogP contribution is -2.56. The topological polar surface area (TPSA) is 49.4 Å². The van der Waals surface area contributed by atoms with E-state index in [4.69, 9.17) is 0 Å². The summed E-state index contributed by atoms with van der Waals surface area (Å²) < 4.78 is 0. The average molecular weight is 463 g/mol. The molecule has 1 aromatic carbocycles. The van der Waals surface area contributed by atoms with E-state index >= 15 is 0 Å². The summed E-state index contributed by atoms with van der Waals surface area (Å²) in [5, 5.41) is 2.95. The van der Waals surface area contributed by atoms with Crippen LogP contribution in [0.1, 0.15) is 76.1 Å². The van der Waals surface area contributed by atoms with Gasteiger partial charge in [-0.15, -0.1) is 0 Å². The van der Waals surface area contributed by atoms with Gasteiger partial charge >= 0.3 is 0 Å². The summed E-state index contributed by atoms with van der Waals surface area (Å²) in [6, 6.07) is 9.82. The summed E-state index contributed by atoms with van der Waals surface area (Å²) in [6.07, 6.45) is 10.3. The van der Waals surface area contributed by atoms with E-state index in [0.717, 1.165) is 30.6 Å². The van der Waals surface area contributed by atoms with Crippen LogP contribution in [0.5, 0.6) is 0 Å². The van der Waals surface area contributed by atoms with Gasteiger partial charge in [-0.2, -0.15) is 0 Å². The molecule has 4 aliphatic carbocycles. The maximum atomic E-state index is 13.6. The zero-order valence-electron chi connectivity index (χ0n) is 21.6. The van der Waals surface area contributed by atoms with Crippen LogP contribution in [-0.2, 0) is 4.79 Å². The predicted octanol–water partition coefficient (Wildman–Crippen LogP) is 5.70. The van der Waals surface area contributed by atoms with Crippen molar-refractivity contribution in [2.45, 2.75) is 71.8 Å². The van der Waals surface area contributed by atoms with Crippen molar-refractivity contribution in [2.24, 2.45) is 40.4 Å². The first-order valence-corrected chi connectivity index (χ1v) is 13.4. The van der Waals surface area contributed by atoms with E-state index in [1.165, 1.54) is 32.1 Å². The molecule has 5 rings (SSSR count). The summed E-state index contributed by atoms with van der Waals surface area (Å²) in [6.45, 7) is 7.39. The third kappa shape index (κ3) is 3.59. The summed E-state index contributed by atoms with van der Waals surface area (Å²) >= 11 is 0. The molecule has 6 unspecified atom stereocenters. The monoisotopic (exact) mass is 462 g/mol. The Morgan fingerprint density at radius 2 is 1.71 bits per heavy atom. The quantitative estimate of drug-likeness (QED) is 0.625. The Balaban J connectivity index is 1.35. The molecule has 4 nitrogen and oxygen atoms in total. The van der Waals surface area contributed by atoms with Gasteiger partial charge in [-0.25, -0.2) is 0 Å². The van der Waals surface area contributed by atoms with E-state index < -0.39 is 0 Å². The smallest absolute Gasteiger partial charge is 0.255 e. The molecule has 4 heteroatoms. The highest BCUT2D eigenvalue weighted by Crippen LogP contribution is 2.67. The number of benzene rings is 1. The predicted molar refractivity (Wildman–Crippen MR) is 136 cm³/mol. The Hall–Kier alpha value is -1.94. The summed E-state index contributed by atoms with van der Waals surface area (Å²) in [4.78, 5) is 28.8. The SMILES string of the molecule is CC(C1CCC2C3CCC4C(=O)C(NC(=O)c5ccccc5)=CC[C@]4(C)C3CC[C@@]21C)N(C)C. The van der Waals surface area contributed by atoms with Gasteiger partial charge in [0.15, 0.2) is 5.78 Å². The fraction of sp³-hybridized carbons (Fsp3) is 0.667. The summed E-state index contributed by atoms with van der Waals surface area (Å²) in [5.41, 5.74) is 1.57. The average Bonchev–Trinajstić information content (AvgIpc) is 3.18. The number of carbonyl (C=O) groups excluding carboxylic acids is 2. The minimum Gasteiger partial charge on any atom is -0.319 e. The highest BCUT2D eigenvalue weighted by atomic mass is 16.2. The number of Topliss-reactive ketones (excluding diaryl/α,β-unsaturated/α-hetero) is 1. The van der Waals surface area contributed by atoms with Crippen LogP contribution in [0.15, 0.2) is 42.1 Å². The molecule has 1 amide bonds. The Bertz CT molecular complexity index is 985. The fourth-order valence-corrected chi connectivity index (χ4v) is 8.88. The fourth-order valence-electron chi connectivity index (χ4n) is 8.88. The molecule has 0 saturated heterocycles. The van der Waals surface area contributed by atoms with E-state index in [-0.39, 0.29) is 23.0 Å². The maximum absolute atomic E-state index is 13.6. The molecule has 0 bridgehead atoms. The summed E-state index contributed by atoms with van der Waals surface area (Å²) in [5.74, 6) is 2.92. The highest BCUT2D eigenvalue weighted by Gasteiger charge is 2.61. The van der Waals surface area contributed by atoms with Crippen molar-refractivity contribution in [3.05, 3.63) is 47.7 Å². The zero-order chi connectivity index (χ0) is 24.3. The summed E-state index contributed by atoms with van der Waals surface area (Å²) in [7, 11) is 4.46. The molecular formula is C30H42N2O2. The number of fused-ring (bicyclic) bond motifs is 5. The van der Waals surface area contributed by atoms with Gasteiger partial charge in [0.05, 0.1) is 5.70 Å². The molecule has 34 heavy (non-hydrogen) atoms. The number of nitrogens with zero attached hydrogens (tertiary/aromatic N) is 1. The van der Waals surface area contributed by atoms with E-state index in [1.807, 2.05) is 24.3 Å². The molecule has 0 heterocycles. The second kappa shape index (κ2) is 8.62. The molecule has 3 fully saturated rings. The van der Waals surface area contributed by atoms with Crippen LogP contribution in [0.4, 0.5) is 0 Å². The number of rotatable bonds is 4. The molecule has 0 radical (unpaired) electrons. The molecule has 4 aliphatic rings. The second-order valence-electron chi connectivity index (χ2n) is 12.5. The van der Waals surface area contributed by atoms with Crippen molar-refractivity contribution >= 4 is 11.7 Å². The number of carbonyl (C=O) groups is 2. The molecule has 1 N–H and O–H groups in total. The number of nitrogens with one attached hydrogen (secondary N) is 1. The standard InChI is InChI=1S/C30H42N2O2/c1-19(32(4)5)22-13-14-23-21-11-12-25-27(33)26(31-28(34)20-9-7-6-8-10-20)16-18-30(25,3)24(21)15-17-29(22,23)2/h6-10,16,19,21-25H,11-15,17-18H2,1-5H3,(H,31,34)/t19?,21?,22?,23?,24?,25?,29-,30-/m1/s1. The first-order valence-electron chi connectivity index (χ1n) is 13.4. The lowest BCUT2D eigenvalue weighted by atomic mass is 9.45. The van der Waals surface area contributed by atoms with Gasteiger partial charge in [-0.1, -0.05) is 38.1 Å². The Morgan fingerprint density at radius 3 is 2.41 bits per heavy atom. The molecule has 0 spiro atoms. The van der Waals surface area contributed by atoms with Gasteiger partial charge in [0.1, 0.15) is 0 Å². The van der Waals surface area contributed by atoms with Crippen molar-refractivity contribution in [1.82, 2.24) is 10.2 Å².